The molecule has 0 aliphatic heterocycles. The highest BCUT2D eigenvalue weighted by atomic mass is 19.1. The molecule has 2 aromatic rings. The van der Waals surface area contributed by atoms with E-state index in [1.54, 1.807) is 18.3 Å². The standard InChI is InChI=1S/C12H14FN3O/c1-3-12(17)10-7-16(15-14-10)11-5-4-8(2)6-9(11)13/h4-7,12,17H,3H2,1-2H3. The van der Waals surface area contributed by atoms with Crippen LogP contribution in [-0.2, 0) is 0 Å². The molecule has 17 heavy (non-hydrogen) atoms. The summed E-state index contributed by atoms with van der Waals surface area (Å²) < 4.78 is 15.0. The SMILES string of the molecule is CCC(O)c1cn(-c2ccc(C)cc2F)nn1. The van der Waals surface area contributed by atoms with Crippen LogP contribution >= 0.6 is 0 Å². The predicted octanol–water partition coefficient (Wildman–Crippen LogP) is 2.16. The van der Waals surface area contributed by atoms with Crippen molar-refractivity contribution in [3.05, 3.63) is 41.5 Å². The number of rotatable bonds is 3. The van der Waals surface area contributed by atoms with Crippen LogP contribution in [0.3, 0.4) is 0 Å². The van der Waals surface area contributed by atoms with Crippen LogP contribution in [0.4, 0.5) is 4.39 Å². The van der Waals surface area contributed by atoms with Crippen molar-refractivity contribution in [3.63, 3.8) is 0 Å². The number of benzene rings is 1. The Bertz CT molecular complexity index is 524. The van der Waals surface area contributed by atoms with Crippen LogP contribution in [0.2, 0.25) is 0 Å². The summed E-state index contributed by atoms with van der Waals surface area (Å²) in [5.74, 6) is -0.354. The molecule has 2 rings (SSSR count). The van der Waals surface area contributed by atoms with E-state index in [2.05, 4.69) is 10.3 Å². The summed E-state index contributed by atoms with van der Waals surface area (Å²) in [6.07, 6.45) is 1.44. The van der Waals surface area contributed by atoms with Crippen LogP contribution in [0.25, 0.3) is 5.69 Å². The van der Waals surface area contributed by atoms with Gasteiger partial charge >= 0.3 is 0 Å². The van der Waals surface area contributed by atoms with Gasteiger partial charge in [0.2, 0.25) is 0 Å². The molecule has 90 valence electrons. The maximum atomic E-state index is 13.7. The summed E-state index contributed by atoms with van der Waals surface area (Å²) in [7, 11) is 0. The van der Waals surface area contributed by atoms with Crippen molar-refractivity contribution in [2.75, 3.05) is 0 Å². The monoisotopic (exact) mass is 235 g/mol. The van der Waals surface area contributed by atoms with E-state index < -0.39 is 6.10 Å². The first kappa shape index (κ1) is 11.7. The Labute approximate surface area is 98.7 Å². The molecule has 0 saturated heterocycles. The lowest BCUT2D eigenvalue weighted by atomic mass is 10.2. The third kappa shape index (κ3) is 2.34. The Hall–Kier alpha value is -1.75. The number of nitrogens with zero attached hydrogens (tertiary/aromatic N) is 3. The fourth-order valence-corrected chi connectivity index (χ4v) is 1.55. The van der Waals surface area contributed by atoms with Crippen LogP contribution in [0, 0.1) is 12.7 Å². The van der Waals surface area contributed by atoms with E-state index in [1.807, 2.05) is 13.8 Å². The van der Waals surface area contributed by atoms with Gasteiger partial charge in [0.25, 0.3) is 0 Å². The Morgan fingerprint density at radius 3 is 2.88 bits per heavy atom. The number of aryl methyl sites for hydroxylation is 1. The van der Waals surface area contributed by atoms with Gasteiger partial charge in [0.15, 0.2) is 0 Å². The van der Waals surface area contributed by atoms with Crippen LogP contribution in [0.15, 0.2) is 24.4 Å². The Kier molecular flexibility index (Phi) is 3.19. The summed E-state index contributed by atoms with van der Waals surface area (Å²) in [6.45, 7) is 3.66. The van der Waals surface area contributed by atoms with E-state index >= 15 is 0 Å². The highest BCUT2D eigenvalue weighted by Crippen LogP contribution is 2.17. The summed E-state index contributed by atoms with van der Waals surface area (Å²) in [5, 5.41) is 17.2. The predicted molar refractivity (Wildman–Crippen MR) is 61.3 cm³/mol. The van der Waals surface area contributed by atoms with Gasteiger partial charge in [-0.2, -0.15) is 0 Å². The Morgan fingerprint density at radius 1 is 1.47 bits per heavy atom. The second kappa shape index (κ2) is 4.63. The van der Waals surface area contributed by atoms with Crippen molar-refractivity contribution in [1.29, 1.82) is 0 Å². The molecule has 0 bridgehead atoms. The first-order valence-electron chi connectivity index (χ1n) is 5.48. The van der Waals surface area contributed by atoms with E-state index in [9.17, 15) is 9.50 Å². The Morgan fingerprint density at radius 2 is 2.24 bits per heavy atom. The highest BCUT2D eigenvalue weighted by Gasteiger charge is 2.12. The molecular weight excluding hydrogens is 221 g/mol. The molecule has 0 fully saturated rings. The van der Waals surface area contributed by atoms with Gasteiger partial charge in [0, 0.05) is 0 Å². The Balaban J connectivity index is 2.37. The molecule has 1 N–H and O–H groups in total. The topological polar surface area (TPSA) is 50.9 Å². The lowest BCUT2D eigenvalue weighted by molar-refractivity contribution is 0.169. The molecule has 0 spiro atoms. The maximum absolute atomic E-state index is 13.7. The summed E-state index contributed by atoms with van der Waals surface area (Å²) in [5.41, 5.74) is 1.63. The third-order valence-corrected chi connectivity index (χ3v) is 2.59. The normalized spacial score (nSPS) is 12.7. The van der Waals surface area contributed by atoms with E-state index in [1.165, 1.54) is 10.7 Å². The zero-order valence-electron chi connectivity index (χ0n) is 9.76. The number of hydrogen-bond donors (Lipinski definition) is 1. The lowest BCUT2D eigenvalue weighted by Gasteiger charge is -2.03. The smallest absolute Gasteiger partial charge is 0.149 e. The van der Waals surface area contributed by atoms with Gasteiger partial charge in [-0.15, -0.1) is 5.10 Å². The average molecular weight is 235 g/mol. The molecule has 0 aliphatic rings. The van der Waals surface area contributed by atoms with Gasteiger partial charge in [-0.3, -0.25) is 0 Å². The lowest BCUT2D eigenvalue weighted by Crippen LogP contribution is -1.99. The van der Waals surface area contributed by atoms with Crippen molar-refractivity contribution < 1.29 is 9.50 Å². The minimum Gasteiger partial charge on any atom is -0.387 e. The molecular formula is C12H14FN3O. The summed E-state index contributed by atoms with van der Waals surface area (Å²) >= 11 is 0. The number of aromatic nitrogens is 3. The summed E-state index contributed by atoms with van der Waals surface area (Å²) in [6, 6.07) is 4.88. The summed E-state index contributed by atoms with van der Waals surface area (Å²) in [4.78, 5) is 0. The van der Waals surface area contributed by atoms with Gasteiger partial charge in [-0.05, 0) is 31.0 Å². The fraction of sp³-hybridized carbons (Fsp3) is 0.333. The second-order valence-electron chi connectivity index (χ2n) is 3.97. The minimum absolute atomic E-state index is 0.331. The van der Waals surface area contributed by atoms with Crippen molar-refractivity contribution in [3.8, 4) is 5.69 Å². The molecule has 5 heteroatoms. The molecule has 4 nitrogen and oxygen atoms in total. The number of halogens is 1. The molecule has 1 aromatic heterocycles. The van der Waals surface area contributed by atoms with Gasteiger partial charge < -0.3 is 5.11 Å². The van der Waals surface area contributed by atoms with Crippen molar-refractivity contribution in [2.45, 2.75) is 26.4 Å². The van der Waals surface area contributed by atoms with Crippen molar-refractivity contribution >= 4 is 0 Å². The molecule has 0 amide bonds. The van der Waals surface area contributed by atoms with E-state index in [0.717, 1.165) is 5.56 Å². The van der Waals surface area contributed by atoms with Crippen LogP contribution in [0.5, 0.6) is 0 Å². The van der Waals surface area contributed by atoms with Gasteiger partial charge in [-0.1, -0.05) is 18.2 Å². The first-order valence-corrected chi connectivity index (χ1v) is 5.48. The maximum Gasteiger partial charge on any atom is 0.149 e. The first-order chi connectivity index (χ1) is 8.11. The average Bonchev–Trinajstić information content (AvgIpc) is 2.77. The molecule has 0 aliphatic carbocycles. The van der Waals surface area contributed by atoms with Crippen molar-refractivity contribution in [2.24, 2.45) is 0 Å². The molecule has 1 unspecified atom stereocenters. The van der Waals surface area contributed by atoms with E-state index in [0.29, 0.717) is 17.8 Å². The van der Waals surface area contributed by atoms with Crippen LogP contribution < -0.4 is 0 Å². The van der Waals surface area contributed by atoms with Gasteiger partial charge in [0.1, 0.15) is 17.2 Å². The second-order valence-corrected chi connectivity index (χ2v) is 3.97. The van der Waals surface area contributed by atoms with Crippen LogP contribution in [0.1, 0.15) is 30.7 Å². The molecule has 1 aromatic carbocycles. The van der Waals surface area contributed by atoms with E-state index in [-0.39, 0.29) is 5.82 Å². The molecule has 1 atom stereocenters. The third-order valence-electron chi connectivity index (χ3n) is 2.59. The number of hydrogen-bond acceptors (Lipinski definition) is 3. The van der Waals surface area contributed by atoms with Crippen LogP contribution in [-0.4, -0.2) is 20.1 Å². The molecule has 0 radical (unpaired) electrons. The minimum atomic E-state index is -0.655. The molecule has 1 heterocycles. The molecule has 0 saturated carbocycles. The zero-order chi connectivity index (χ0) is 12.4. The quantitative estimate of drug-likeness (QED) is 0.886. The number of aliphatic hydroxyl groups is 1. The van der Waals surface area contributed by atoms with E-state index in [4.69, 9.17) is 0 Å². The van der Waals surface area contributed by atoms with Crippen molar-refractivity contribution in [1.82, 2.24) is 15.0 Å². The zero-order valence-corrected chi connectivity index (χ0v) is 9.76. The largest absolute Gasteiger partial charge is 0.387 e. The van der Waals surface area contributed by atoms with Gasteiger partial charge in [-0.25, -0.2) is 9.07 Å². The highest BCUT2D eigenvalue weighted by molar-refractivity contribution is 5.35. The number of aliphatic hydroxyl groups excluding tert-OH is 1. The fourth-order valence-electron chi connectivity index (χ4n) is 1.55. The van der Waals surface area contributed by atoms with Gasteiger partial charge in [0.05, 0.1) is 12.3 Å².